The van der Waals surface area contributed by atoms with E-state index in [1.54, 1.807) is 6.92 Å². The topological polar surface area (TPSA) is 29.5 Å². The highest BCUT2D eigenvalue weighted by Crippen LogP contribution is 2.22. The molecule has 1 atom stereocenters. The highest BCUT2D eigenvalue weighted by Gasteiger charge is 2.30. The zero-order valence-electron chi connectivity index (χ0n) is 9.79. The van der Waals surface area contributed by atoms with Gasteiger partial charge < -0.3 is 9.84 Å². The highest BCUT2D eigenvalue weighted by atomic mass is 19.4. The summed E-state index contributed by atoms with van der Waals surface area (Å²) in [6.45, 7) is 1.67. The molecule has 1 aromatic rings. The van der Waals surface area contributed by atoms with E-state index in [0.29, 0.717) is 18.4 Å². The van der Waals surface area contributed by atoms with Crippen LogP contribution in [0.25, 0.3) is 0 Å². The van der Waals surface area contributed by atoms with Gasteiger partial charge in [0.1, 0.15) is 5.75 Å². The normalized spacial score (nSPS) is 12.5. The maximum atomic E-state index is 11.9. The summed E-state index contributed by atoms with van der Waals surface area (Å²) in [4.78, 5) is 0. The van der Waals surface area contributed by atoms with Crippen LogP contribution in [0, 0.1) is 11.8 Å². The van der Waals surface area contributed by atoms with Crippen LogP contribution in [-0.4, -0.2) is 17.6 Å². The third kappa shape index (κ3) is 6.16. The van der Waals surface area contributed by atoms with Crippen LogP contribution in [0.5, 0.6) is 5.75 Å². The summed E-state index contributed by atoms with van der Waals surface area (Å²) in [6.07, 6.45) is -3.97. The quantitative estimate of drug-likeness (QED) is 0.844. The molecule has 0 aromatic heterocycles. The molecule has 0 aliphatic carbocycles. The molecular weight excluding hydrogens is 245 g/mol. The third-order valence-corrected chi connectivity index (χ3v) is 2.01. The largest absolute Gasteiger partial charge is 0.573 e. The lowest BCUT2D eigenvalue weighted by atomic mass is 10.2. The molecule has 0 saturated heterocycles. The first-order valence-electron chi connectivity index (χ1n) is 5.39. The first-order chi connectivity index (χ1) is 8.37. The lowest BCUT2D eigenvalue weighted by molar-refractivity contribution is -0.274. The minimum Gasteiger partial charge on any atom is -0.406 e. The second-order valence-corrected chi connectivity index (χ2v) is 3.76. The Kier molecular flexibility index (Phi) is 5.05. The molecule has 0 heterocycles. The van der Waals surface area contributed by atoms with Gasteiger partial charge in [-0.05, 0) is 37.6 Å². The Bertz CT molecular complexity index is 424. The van der Waals surface area contributed by atoms with E-state index in [2.05, 4.69) is 16.6 Å². The number of aliphatic hydroxyl groups is 1. The number of hydrogen-bond donors (Lipinski definition) is 1. The van der Waals surface area contributed by atoms with Crippen molar-refractivity contribution in [2.45, 2.75) is 32.2 Å². The Labute approximate surface area is 103 Å². The van der Waals surface area contributed by atoms with Gasteiger partial charge in [0.05, 0.1) is 6.10 Å². The van der Waals surface area contributed by atoms with Gasteiger partial charge in [0.15, 0.2) is 0 Å². The van der Waals surface area contributed by atoms with E-state index in [4.69, 9.17) is 5.11 Å². The lowest BCUT2D eigenvalue weighted by Crippen LogP contribution is -2.16. The maximum absolute atomic E-state index is 11.9. The van der Waals surface area contributed by atoms with Crippen molar-refractivity contribution in [3.8, 4) is 17.6 Å². The van der Waals surface area contributed by atoms with E-state index in [1.165, 1.54) is 24.3 Å². The maximum Gasteiger partial charge on any atom is 0.573 e. The van der Waals surface area contributed by atoms with E-state index in [9.17, 15) is 13.2 Å². The molecule has 0 radical (unpaired) electrons. The van der Waals surface area contributed by atoms with Crippen LogP contribution in [0.3, 0.4) is 0 Å². The summed E-state index contributed by atoms with van der Waals surface area (Å²) < 4.78 is 39.4. The van der Waals surface area contributed by atoms with Crippen molar-refractivity contribution < 1.29 is 23.0 Å². The number of halogens is 3. The Balaban J connectivity index is 2.55. The molecule has 1 rings (SSSR count). The minimum atomic E-state index is -4.68. The summed E-state index contributed by atoms with van der Waals surface area (Å²) in [5, 5.41) is 9.00. The molecule has 1 N–H and O–H groups in total. The second-order valence-electron chi connectivity index (χ2n) is 3.76. The van der Waals surface area contributed by atoms with Crippen LogP contribution in [0.1, 0.15) is 25.3 Å². The highest BCUT2D eigenvalue weighted by molar-refractivity contribution is 5.38. The summed E-state index contributed by atoms with van der Waals surface area (Å²) in [5.74, 6) is 5.35. The van der Waals surface area contributed by atoms with Gasteiger partial charge >= 0.3 is 6.36 Å². The Morgan fingerprint density at radius 2 is 1.89 bits per heavy atom. The summed E-state index contributed by atoms with van der Waals surface area (Å²) in [5.41, 5.74) is 0.607. The molecule has 2 nitrogen and oxygen atoms in total. The Hall–Kier alpha value is -1.67. The minimum absolute atomic E-state index is 0.267. The van der Waals surface area contributed by atoms with Gasteiger partial charge in [0.2, 0.25) is 0 Å². The lowest BCUT2D eigenvalue weighted by Gasteiger charge is -2.07. The van der Waals surface area contributed by atoms with Gasteiger partial charge in [-0.25, -0.2) is 0 Å². The van der Waals surface area contributed by atoms with Crippen molar-refractivity contribution in [1.82, 2.24) is 0 Å². The number of benzene rings is 1. The van der Waals surface area contributed by atoms with Gasteiger partial charge in [0.25, 0.3) is 0 Å². The molecule has 18 heavy (non-hydrogen) atoms. The van der Waals surface area contributed by atoms with Crippen molar-refractivity contribution >= 4 is 0 Å². The van der Waals surface area contributed by atoms with Crippen LogP contribution in [0.4, 0.5) is 13.2 Å². The van der Waals surface area contributed by atoms with Crippen LogP contribution in [0.2, 0.25) is 0 Å². The molecule has 1 aromatic carbocycles. The molecule has 5 heteroatoms. The van der Waals surface area contributed by atoms with Gasteiger partial charge in [-0.15, -0.1) is 13.2 Å². The van der Waals surface area contributed by atoms with Crippen molar-refractivity contribution in [1.29, 1.82) is 0 Å². The number of hydrogen-bond acceptors (Lipinski definition) is 2. The van der Waals surface area contributed by atoms with Gasteiger partial charge in [-0.3, -0.25) is 0 Å². The first-order valence-corrected chi connectivity index (χ1v) is 5.39. The fourth-order valence-corrected chi connectivity index (χ4v) is 1.19. The third-order valence-electron chi connectivity index (χ3n) is 2.01. The zero-order valence-corrected chi connectivity index (χ0v) is 9.79. The average molecular weight is 258 g/mol. The molecular formula is C13H13F3O2. The fraction of sp³-hybridized carbons (Fsp3) is 0.385. The molecule has 0 saturated carbocycles. The van der Waals surface area contributed by atoms with Crippen LogP contribution >= 0.6 is 0 Å². The molecule has 0 aliphatic heterocycles. The van der Waals surface area contributed by atoms with E-state index in [-0.39, 0.29) is 5.75 Å². The summed E-state index contributed by atoms with van der Waals surface area (Å²) in [7, 11) is 0. The van der Waals surface area contributed by atoms with Crippen molar-refractivity contribution in [3.05, 3.63) is 29.8 Å². The standard InChI is InChI=1S/C13H13F3O2/c1-10(17)4-2-3-5-11-6-8-12(9-7-11)18-13(14,15)16/h6-10,17H,2,4H2,1H3/t10-/m1/s1. The predicted molar refractivity (Wildman–Crippen MR) is 60.9 cm³/mol. The van der Waals surface area contributed by atoms with E-state index >= 15 is 0 Å². The SMILES string of the molecule is C[C@@H](O)CCC#Cc1ccc(OC(F)(F)F)cc1. The van der Waals surface area contributed by atoms with E-state index < -0.39 is 12.5 Å². The molecule has 0 spiro atoms. The van der Waals surface area contributed by atoms with Gasteiger partial charge in [0, 0.05) is 12.0 Å². The molecule has 0 unspecified atom stereocenters. The molecule has 0 fully saturated rings. The number of alkyl halides is 3. The number of ether oxygens (including phenoxy) is 1. The monoisotopic (exact) mass is 258 g/mol. The smallest absolute Gasteiger partial charge is 0.406 e. The predicted octanol–water partition coefficient (Wildman–Crippen LogP) is 3.10. The molecule has 98 valence electrons. The van der Waals surface area contributed by atoms with E-state index in [1.807, 2.05) is 0 Å². The molecule has 0 bridgehead atoms. The summed E-state index contributed by atoms with van der Waals surface area (Å²) >= 11 is 0. The zero-order chi connectivity index (χ0) is 13.6. The van der Waals surface area contributed by atoms with Crippen molar-refractivity contribution in [2.75, 3.05) is 0 Å². The first kappa shape index (κ1) is 14.4. The van der Waals surface area contributed by atoms with Crippen LogP contribution < -0.4 is 4.74 Å². The van der Waals surface area contributed by atoms with Gasteiger partial charge in [-0.1, -0.05) is 11.8 Å². The molecule has 0 aliphatic rings. The van der Waals surface area contributed by atoms with Crippen molar-refractivity contribution in [2.24, 2.45) is 0 Å². The Morgan fingerprint density at radius 3 is 2.39 bits per heavy atom. The van der Waals surface area contributed by atoms with E-state index in [0.717, 1.165) is 0 Å². The second kappa shape index (κ2) is 6.31. The average Bonchev–Trinajstić information content (AvgIpc) is 2.24. The van der Waals surface area contributed by atoms with Crippen molar-refractivity contribution in [3.63, 3.8) is 0 Å². The Morgan fingerprint density at radius 1 is 1.28 bits per heavy atom. The van der Waals surface area contributed by atoms with Crippen LogP contribution in [-0.2, 0) is 0 Å². The molecule has 0 amide bonds. The summed E-state index contributed by atoms with van der Waals surface area (Å²) in [6, 6.07) is 5.34. The number of aliphatic hydroxyl groups excluding tert-OH is 1. The number of rotatable bonds is 3. The van der Waals surface area contributed by atoms with Gasteiger partial charge in [-0.2, -0.15) is 0 Å². The van der Waals surface area contributed by atoms with Crippen LogP contribution in [0.15, 0.2) is 24.3 Å². The fourth-order valence-electron chi connectivity index (χ4n) is 1.19.